The minimum Gasteiger partial charge on any atom is -0.355 e. The van der Waals surface area contributed by atoms with Gasteiger partial charge in [-0.15, -0.1) is 0 Å². The summed E-state index contributed by atoms with van der Waals surface area (Å²) in [4.78, 5) is 27.3. The predicted molar refractivity (Wildman–Crippen MR) is 145 cm³/mol. The Labute approximate surface area is 215 Å². The number of H-pyrrole nitrogens is 2. The standard InChI is InChI=1S/C28H31N9/c1-3-9-36(10-4-1)18-19-13-20(16-29-15-19)23-14-21-24(17-31-23)34-35-25(21)27-32-22-7-8-30-28(26(22)33-27)37-11-5-2-6-12-37/h7-8,13-17H,1-6,9-12,18H2,(H,32,33)(H,34,35). The molecule has 7 rings (SSSR count). The van der Waals surface area contributed by atoms with E-state index >= 15 is 0 Å². The summed E-state index contributed by atoms with van der Waals surface area (Å²) in [6.45, 7) is 5.32. The van der Waals surface area contributed by atoms with Crippen LogP contribution >= 0.6 is 0 Å². The molecule has 9 nitrogen and oxygen atoms in total. The Morgan fingerprint density at radius 2 is 1.68 bits per heavy atom. The number of rotatable bonds is 5. The average molecular weight is 494 g/mol. The lowest BCUT2D eigenvalue weighted by Gasteiger charge is -2.27. The minimum atomic E-state index is 0.738. The molecule has 0 radical (unpaired) electrons. The number of nitrogens with one attached hydrogen (secondary N) is 2. The number of anilines is 1. The van der Waals surface area contributed by atoms with E-state index in [1.165, 1.54) is 57.2 Å². The van der Waals surface area contributed by atoms with Crippen LogP contribution in [0.2, 0.25) is 0 Å². The van der Waals surface area contributed by atoms with Crippen LogP contribution in [0.3, 0.4) is 0 Å². The van der Waals surface area contributed by atoms with Gasteiger partial charge in [-0.25, -0.2) is 9.97 Å². The summed E-state index contributed by atoms with van der Waals surface area (Å²) in [7, 11) is 0. The fourth-order valence-electron chi connectivity index (χ4n) is 5.72. The van der Waals surface area contributed by atoms with Gasteiger partial charge < -0.3 is 9.88 Å². The predicted octanol–water partition coefficient (Wildman–Crippen LogP) is 4.93. The molecule has 0 unspecified atom stereocenters. The second-order valence-electron chi connectivity index (χ2n) is 10.3. The molecule has 0 aliphatic carbocycles. The van der Waals surface area contributed by atoms with Crippen molar-refractivity contribution in [3.05, 3.63) is 48.5 Å². The molecule has 2 saturated heterocycles. The third-order valence-electron chi connectivity index (χ3n) is 7.65. The number of pyridine rings is 3. The Hall–Kier alpha value is -3.85. The van der Waals surface area contributed by atoms with E-state index in [-0.39, 0.29) is 0 Å². The van der Waals surface area contributed by atoms with Crippen LogP contribution in [0.4, 0.5) is 5.82 Å². The van der Waals surface area contributed by atoms with Crippen molar-refractivity contribution in [1.29, 1.82) is 0 Å². The maximum atomic E-state index is 4.98. The van der Waals surface area contributed by atoms with Crippen molar-refractivity contribution in [2.24, 2.45) is 0 Å². The lowest BCUT2D eigenvalue weighted by Crippen LogP contribution is -2.30. The van der Waals surface area contributed by atoms with Crippen molar-refractivity contribution < 1.29 is 0 Å². The molecule has 5 aromatic heterocycles. The fraction of sp³-hybridized carbons (Fsp3) is 0.393. The molecule has 0 spiro atoms. The van der Waals surface area contributed by atoms with E-state index in [4.69, 9.17) is 9.97 Å². The zero-order chi connectivity index (χ0) is 24.6. The molecule has 2 aliphatic rings. The monoisotopic (exact) mass is 493 g/mol. The number of hydrogen-bond acceptors (Lipinski definition) is 7. The van der Waals surface area contributed by atoms with Gasteiger partial charge in [-0.2, -0.15) is 5.10 Å². The highest BCUT2D eigenvalue weighted by atomic mass is 15.2. The molecule has 5 aromatic rings. The first-order valence-corrected chi connectivity index (χ1v) is 13.4. The van der Waals surface area contributed by atoms with E-state index in [1.54, 1.807) is 0 Å². The highest BCUT2D eigenvalue weighted by Crippen LogP contribution is 2.32. The third kappa shape index (κ3) is 4.33. The van der Waals surface area contributed by atoms with Crippen LogP contribution in [-0.4, -0.2) is 66.2 Å². The van der Waals surface area contributed by atoms with Crippen LogP contribution in [0.25, 0.3) is 44.7 Å². The van der Waals surface area contributed by atoms with Crippen LogP contribution in [0, 0.1) is 0 Å². The Morgan fingerprint density at radius 1 is 0.838 bits per heavy atom. The number of aromatic amines is 2. The number of imidazole rings is 1. The van der Waals surface area contributed by atoms with Gasteiger partial charge in [0, 0.05) is 49.2 Å². The molecule has 0 atom stereocenters. The van der Waals surface area contributed by atoms with Crippen LogP contribution in [0.5, 0.6) is 0 Å². The van der Waals surface area contributed by atoms with Gasteiger partial charge in [0.15, 0.2) is 11.6 Å². The van der Waals surface area contributed by atoms with Gasteiger partial charge in [0.1, 0.15) is 11.2 Å². The summed E-state index contributed by atoms with van der Waals surface area (Å²) in [6, 6.07) is 6.29. The van der Waals surface area contributed by atoms with Crippen LogP contribution in [0.15, 0.2) is 43.0 Å². The van der Waals surface area contributed by atoms with Crippen molar-refractivity contribution in [3.8, 4) is 22.8 Å². The fourth-order valence-corrected chi connectivity index (χ4v) is 5.72. The highest BCUT2D eigenvalue weighted by molar-refractivity contribution is 5.96. The molecule has 0 saturated carbocycles. The zero-order valence-corrected chi connectivity index (χ0v) is 21.0. The van der Waals surface area contributed by atoms with E-state index in [0.29, 0.717) is 0 Å². The van der Waals surface area contributed by atoms with Crippen LogP contribution in [-0.2, 0) is 6.54 Å². The maximum absolute atomic E-state index is 4.98. The molecule has 7 heterocycles. The minimum absolute atomic E-state index is 0.738. The summed E-state index contributed by atoms with van der Waals surface area (Å²) in [5.74, 6) is 1.69. The molecule has 37 heavy (non-hydrogen) atoms. The molecule has 2 N–H and O–H groups in total. The number of likely N-dealkylation sites (tertiary alicyclic amines) is 1. The van der Waals surface area contributed by atoms with E-state index in [2.05, 4.69) is 47.1 Å². The molecule has 0 amide bonds. The largest absolute Gasteiger partial charge is 0.355 e. The quantitative estimate of drug-likeness (QED) is 0.358. The van der Waals surface area contributed by atoms with E-state index in [9.17, 15) is 0 Å². The average Bonchev–Trinajstić information content (AvgIpc) is 3.58. The van der Waals surface area contributed by atoms with Gasteiger partial charge in [-0.05, 0) is 69.0 Å². The summed E-state index contributed by atoms with van der Waals surface area (Å²) >= 11 is 0. The molecule has 9 heteroatoms. The number of aromatic nitrogens is 7. The summed E-state index contributed by atoms with van der Waals surface area (Å²) in [5, 5.41) is 8.73. The molecule has 188 valence electrons. The van der Waals surface area contributed by atoms with Crippen molar-refractivity contribution in [3.63, 3.8) is 0 Å². The first-order valence-electron chi connectivity index (χ1n) is 13.4. The van der Waals surface area contributed by atoms with Crippen LogP contribution < -0.4 is 4.90 Å². The normalized spacial score (nSPS) is 17.1. The topological polar surface area (TPSA) is 103 Å². The molecule has 0 bridgehead atoms. The Bertz CT molecular complexity index is 1540. The van der Waals surface area contributed by atoms with Crippen molar-refractivity contribution in [2.45, 2.75) is 45.1 Å². The Balaban J connectivity index is 1.23. The molecule has 2 aliphatic heterocycles. The van der Waals surface area contributed by atoms with Crippen molar-refractivity contribution in [1.82, 2.24) is 40.0 Å². The lowest BCUT2D eigenvalue weighted by atomic mass is 10.1. The van der Waals surface area contributed by atoms with E-state index < -0.39 is 0 Å². The van der Waals surface area contributed by atoms with E-state index in [0.717, 1.165) is 70.2 Å². The van der Waals surface area contributed by atoms with Crippen LogP contribution in [0.1, 0.15) is 44.1 Å². The molecular weight excluding hydrogens is 462 g/mol. The SMILES string of the molecule is c1cc2[nH]c(-c3n[nH]c4cnc(-c5cncc(CN6CCCCC6)c5)cc34)nc2c(N2CCCCC2)n1. The second-order valence-corrected chi connectivity index (χ2v) is 10.3. The second kappa shape index (κ2) is 9.55. The first-order chi connectivity index (χ1) is 18.3. The highest BCUT2D eigenvalue weighted by Gasteiger charge is 2.20. The first kappa shape index (κ1) is 22.4. The Morgan fingerprint density at radius 3 is 2.54 bits per heavy atom. The van der Waals surface area contributed by atoms with E-state index in [1.807, 2.05) is 30.9 Å². The number of fused-ring (bicyclic) bond motifs is 2. The number of hydrogen-bond donors (Lipinski definition) is 2. The lowest BCUT2D eigenvalue weighted by molar-refractivity contribution is 0.220. The molecule has 2 fully saturated rings. The van der Waals surface area contributed by atoms with Gasteiger partial charge >= 0.3 is 0 Å². The summed E-state index contributed by atoms with van der Waals surface area (Å²) in [6.07, 6.45) is 15.2. The number of nitrogens with zero attached hydrogens (tertiary/aromatic N) is 7. The molecular formula is C28H31N9. The van der Waals surface area contributed by atoms with Crippen molar-refractivity contribution in [2.75, 3.05) is 31.1 Å². The maximum Gasteiger partial charge on any atom is 0.159 e. The third-order valence-corrected chi connectivity index (χ3v) is 7.65. The Kier molecular flexibility index (Phi) is 5.77. The zero-order valence-electron chi connectivity index (χ0n) is 21.0. The summed E-state index contributed by atoms with van der Waals surface area (Å²) in [5.41, 5.74) is 6.68. The number of piperidine rings is 2. The van der Waals surface area contributed by atoms with Gasteiger partial charge in [0.25, 0.3) is 0 Å². The summed E-state index contributed by atoms with van der Waals surface area (Å²) < 4.78 is 0. The van der Waals surface area contributed by atoms with Gasteiger partial charge in [-0.3, -0.25) is 20.0 Å². The van der Waals surface area contributed by atoms with Gasteiger partial charge in [-0.1, -0.05) is 6.42 Å². The smallest absolute Gasteiger partial charge is 0.159 e. The van der Waals surface area contributed by atoms with Crippen molar-refractivity contribution >= 4 is 27.8 Å². The van der Waals surface area contributed by atoms with Gasteiger partial charge in [0.05, 0.1) is 22.9 Å². The van der Waals surface area contributed by atoms with Gasteiger partial charge in [0.2, 0.25) is 0 Å². The molecule has 0 aromatic carbocycles.